The van der Waals surface area contributed by atoms with Gasteiger partial charge in [0.25, 0.3) is 0 Å². The van der Waals surface area contributed by atoms with Gasteiger partial charge in [-0.2, -0.15) is 0 Å². The smallest absolute Gasteiger partial charge is 0.0545 e. The van der Waals surface area contributed by atoms with E-state index in [4.69, 9.17) is 0 Å². The lowest BCUT2D eigenvalue weighted by molar-refractivity contribution is 0.275. The van der Waals surface area contributed by atoms with E-state index in [1.54, 1.807) is 51.4 Å². The summed E-state index contributed by atoms with van der Waals surface area (Å²) in [7, 11) is -2.21. The molecule has 0 saturated heterocycles. The van der Waals surface area contributed by atoms with Crippen molar-refractivity contribution in [3.63, 3.8) is 0 Å². The maximum absolute atomic E-state index is 2.73. The van der Waals surface area contributed by atoms with Crippen molar-refractivity contribution in [3.05, 3.63) is 12.2 Å². The molecule has 6 unspecified atom stereocenters. The first kappa shape index (κ1) is 21.4. The second-order valence-corrected chi connectivity index (χ2v) is 22.9. The molecule has 0 radical (unpaired) electrons. The van der Waals surface area contributed by atoms with E-state index in [0.717, 1.165) is 34.8 Å². The lowest BCUT2D eigenvalue weighted by atomic mass is 9.82. The van der Waals surface area contributed by atoms with E-state index >= 15 is 0 Å². The number of hydrogen-bond acceptors (Lipinski definition) is 0. The first-order chi connectivity index (χ1) is 13.4. The third kappa shape index (κ3) is 4.43. The Morgan fingerprint density at radius 1 is 0.536 bits per heavy atom. The maximum Gasteiger partial charge on any atom is 0.0545 e. The number of allylic oxidation sites excluding steroid dienone is 2. The number of rotatable bonds is 6. The summed E-state index contributed by atoms with van der Waals surface area (Å²) in [5.74, 6) is 4.48. The predicted molar refractivity (Wildman–Crippen MR) is 131 cm³/mol. The minimum Gasteiger partial charge on any atom is -0.0915 e. The van der Waals surface area contributed by atoms with Crippen LogP contribution in [0, 0.1) is 23.7 Å². The van der Waals surface area contributed by atoms with Crippen LogP contribution in [0.3, 0.4) is 0 Å². The molecule has 0 heterocycles. The molecule has 0 aromatic rings. The van der Waals surface area contributed by atoms with Crippen molar-refractivity contribution in [1.29, 1.82) is 0 Å². The molecule has 4 saturated carbocycles. The molecule has 0 aromatic carbocycles. The lowest BCUT2D eigenvalue weighted by Crippen LogP contribution is -2.36. The fraction of sp³-hybridized carbons (Fsp3) is 0.923. The van der Waals surface area contributed by atoms with Gasteiger partial charge in [-0.25, -0.2) is 0 Å². The zero-order valence-electron chi connectivity index (χ0n) is 19.5. The second kappa shape index (κ2) is 8.73. The van der Waals surface area contributed by atoms with Gasteiger partial charge in [-0.15, -0.1) is 0 Å². The predicted octanol–water partition coefficient (Wildman–Crippen LogP) is 8.90. The van der Waals surface area contributed by atoms with Gasteiger partial charge in [-0.1, -0.05) is 115 Å². The van der Waals surface area contributed by atoms with E-state index in [2.05, 4.69) is 38.3 Å². The molecule has 0 aliphatic heterocycles. The largest absolute Gasteiger partial charge is 0.0915 e. The normalized spacial score (nSPS) is 39.3. The molecular formula is C26H48Si2. The van der Waals surface area contributed by atoms with Crippen LogP contribution in [0.1, 0.15) is 77.0 Å². The Balaban J connectivity index is 1.30. The van der Waals surface area contributed by atoms with Crippen molar-refractivity contribution in [1.82, 2.24) is 0 Å². The molecule has 2 heteroatoms. The van der Waals surface area contributed by atoms with Crippen LogP contribution in [0.5, 0.6) is 0 Å². The van der Waals surface area contributed by atoms with Crippen molar-refractivity contribution < 1.29 is 0 Å². The molecule has 4 fully saturated rings. The Morgan fingerprint density at radius 3 is 1.36 bits per heavy atom. The van der Waals surface area contributed by atoms with Crippen molar-refractivity contribution in [2.24, 2.45) is 23.7 Å². The van der Waals surface area contributed by atoms with Gasteiger partial charge in [0, 0.05) is 0 Å². The standard InChI is InChI=1S/C26H48Si2/c1-27(2,25-17-15-21-11-5-7-13-23(21)25)19-9-10-20-28(3,4)26-18-16-22-12-6-8-14-24(22)26/h9-10,21-26H,5-8,11-20H2,1-4H3. The molecule has 4 aliphatic carbocycles. The molecule has 0 spiro atoms. The molecule has 0 amide bonds. The Bertz CT molecular complexity index is 501. The van der Waals surface area contributed by atoms with Crippen molar-refractivity contribution in [3.8, 4) is 0 Å². The third-order valence-electron chi connectivity index (χ3n) is 10.1. The molecule has 160 valence electrons. The number of hydrogen-bond donors (Lipinski definition) is 0. The monoisotopic (exact) mass is 416 g/mol. The van der Waals surface area contributed by atoms with E-state index in [0.29, 0.717) is 0 Å². The van der Waals surface area contributed by atoms with E-state index in [1.165, 1.54) is 37.8 Å². The highest BCUT2D eigenvalue weighted by Gasteiger charge is 2.46. The first-order valence-corrected chi connectivity index (χ1v) is 19.6. The Hall–Kier alpha value is 0.174. The summed E-state index contributed by atoms with van der Waals surface area (Å²) >= 11 is 0. The fourth-order valence-corrected chi connectivity index (χ4v) is 15.7. The maximum atomic E-state index is 2.73. The highest BCUT2D eigenvalue weighted by molar-refractivity contribution is 6.80. The second-order valence-electron chi connectivity index (χ2n) is 12.6. The van der Waals surface area contributed by atoms with Crippen molar-refractivity contribution in [2.45, 2.75) is 126 Å². The van der Waals surface area contributed by atoms with Crippen LogP contribution in [0.2, 0.25) is 49.4 Å². The average Bonchev–Trinajstić information content (AvgIpc) is 3.30. The summed E-state index contributed by atoms with van der Waals surface area (Å²) < 4.78 is 0. The van der Waals surface area contributed by atoms with Crippen molar-refractivity contribution >= 4 is 16.1 Å². The Labute approximate surface area is 178 Å². The highest BCUT2D eigenvalue weighted by Crippen LogP contribution is 2.55. The zero-order valence-corrected chi connectivity index (χ0v) is 21.5. The van der Waals surface area contributed by atoms with E-state index in [9.17, 15) is 0 Å². The van der Waals surface area contributed by atoms with Crippen LogP contribution in [0.4, 0.5) is 0 Å². The number of fused-ring (bicyclic) bond motifs is 2. The molecule has 4 rings (SSSR count). The minimum absolute atomic E-state index is 1.11. The molecule has 0 N–H and O–H groups in total. The molecular weight excluding hydrogens is 368 g/mol. The van der Waals surface area contributed by atoms with Crippen LogP contribution in [0.25, 0.3) is 0 Å². The Kier molecular flexibility index (Phi) is 6.68. The van der Waals surface area contributed by atoms with Crippen LogP contribution < -0.4 is 0 Å². The lowest BCUT2D eigenvalue weighted by Gasteiger charge is -2.38. The zero-order chi connectivity index (χ0) is 19.8. The van der Waals surface area contributed by atoms with Gasteiger partial charge in [0.15, 0.2) is 0 Å². The first-order valence-electron chi connectivity index (χ1n) is 13.0. The van der Waals surface area contributed by atoms with Crippen molar-refractivity contribution in [2.75, 3.05) is 0 Å². The molecule has 0 bridgehead atoms. The highest BCUT2D eigenvalue weighted by atomic mass is 28.3. The summed E-state index contributed by atoms with van der Waals surface area (Å²) in [5.41, 5.74) is 2.26. The summed E-state index contributed by atoms with van der Waals surface area (Å²) in [6.07, 6.45) is 24.0. The quantitative estimate of drug-likeness (QED) is 0.299. The Morgan fingerprint density at radius 2 is 0.929 bits per heavy atom. The van der Waals surface area contributed by atoms with Gasteiger partial charge in [0.2, 0.25) is 0 Å². The molecule has 28 heavy (non-hydrogen) atoms. The summed E-state index contributed by atoms with van der Waals surface area (Å²) in [6, 6.07) is 2.92. The average molecular weight is 417 g/mol. The third-order valence-corrected chi connectivity index (χ3v) is 18.2. The van der Waals surface area contributed by atoms with Gasteiger partial charge in [-0.05, 0) is 46.8 Å². The van der Waals surface area contributed by atoms with Crippen LogP contribution in [-0.2, 0) is 0 Å². The van der Waals surface area contributed by atoms with E-state index in [1.807, 2.05) is 0 Å². The van der Waals surface area contributed by atoms with Crippen LogP contribution in [-0.4, -0.2) is 16.1 Å². The van der Waals surface area contributed by atoms with Gasteiger partial charge in [-0.3, -0.25) is 0 Å². The summed E-state index contributed by atoms with van der Waals surface area (Å²) in [6.45, 7) is 10.9. The molecule has 0 aromatic heterocycles. The summed E-state index contributed by atoms with van der Waals surface area (Å²) in [5, 5.41) is 0. The van der Waals surface area contributed by atoms with Gasteiger partial charge in [0.1, 0.15) is 0 Å². The van der Waals surface area contributed by atoms with Gasteiger partial charge < -0.3 is 0 Å². The van der Waals surface area contributed by atoms with E-state index in [-0.39, 0.29) is 0 Å². The van der Waals surface area contributed by atoms with Crippen LogP contribution >= 0.6 is 0 Å². The fourth-order valence-electron chi connectivity index (χ4n) is 8.48. The van der Waals surface area contributed by atoms with E-state index < -0.39 is 16.1 Å². The van der Waals surface area contributed by atoms with Crippen LogP contribution in [0.15, 0.2) is 12.2 Å². The van der Waals surface area contributed by atoms with Gasteiger partial charge in [0.05, 0.1) is 16.1 Å². The topological polar surface area (TPSA) is 0 Å². The SMILES string of the molecule is C[Si](C)(CC=CC[Si](C)(C)C1CCC2CCCCC21)C1CCC2CCCCC21. The minimum atomic E-state index is -1.11. The molecule has 0 nitrogen and oxygen atoms in total. The molecule has 6 atom stereocenters. The summed E-state index contributed by atoms with van der Waals surface area (Å²) in [4.78, 5) is 0. The van der Waals surface area contributed by atoms with Gasteiger partial charge >= 0.3 is 0 Å². The molecule has 4 aliphatic rings.